The van der Waals surface area contributed by atoms with Crippen molar-refractivity contribution in [2.45, 2.75) is 0 Å². The van der Waals surface area contributed by atoms with E-state index in [4.69, 9.17) is 4.42 Å². The summed E-state index contributed by atoms with van der Waals surface area (Å²) in [6.07, 6.45) is 6.79. The molecule has 1 N–H and O–H groups in total. The van der Waals surface area contributed by atoms with Crippen LogP contribution >= 0.6 is 11.3 Å². The molecular weight excluding hydrogens is 274 g/mol. The summed E-state index contributed by atoms with van der Waals surface area (Å²) in [7, 11) is 0. The second-order valence-electron chi connectivity index (χ2n) is 3.94. The van der Waals surface area contributed by atoms with Crippen LogP contribution in [0.1, 0.15) is 15.4 Å². The topological polar surface area (TPSA) is 59.5 Å². The highest BCUT2D eigenvalue weighted by Gasteiger charge is 2.13. The zero-order chi connectivity index (χ0) is 13.8. The second-order valence-corrected chi connectivity index (χ2v) is 4.86. The van der Waals surface area contributed by atoms with E-state index in [-0.39, 0.29) is 5.91 Å². The Morgan fingerprint density at radius 3 is 2.90 bits per heavy atom. The number of nitrogens with one attached hydrogen (secondary N) is 1. The summed E-state index contributed by atoms with van der Waals surface area (Å²) in [5.41, 5.74) is 3.33. The number of hydrogen-bond donors (Lipinski definition) is 1. The van der Waals surface area contributed by atoms with Crippen LogP contribution in [0.5, 0.6) is 0 Å². The molecule has 3 aromatic heterocycles. The number of furan rings is 1. The minimum Gasteiger partial charge on any atom is -0.463 e. The number of hydrogen-bond acceptors (Lipinski definition) is 4. The van der Waals surface area contributed by atoms with Crippen LogP contribution in [0.25, 0.3) is 5.69 Å². The van der Waals surface area contributed by atoms with Gasteiger partial charge in [-0.05, 0) is 35.7 Å². The van der Waals surface area contributed by atoms with Gasteiger partial charge in [0, 0.05) is 12.4 Å². The van der Waals surface area contributed by atoms with Crippen LogP contribution in [0, 0.1) is 0 Å². The lowest BCUT2D eigenvalue weighted by Gasteiger charge is -2.03. The number of carbonyl (C=O) groups excluding carboxylic acids is 1. The van der Waals surface area contributed by atoms with E-state index in [0.717, 1.165) is 5.69 Å². The second kappa shape index (κ2) is 5.58. The van der Waals surface area contributed by atoms with Gasteiger partial charge in [0.2, 0.25) is 0 Å². The maximum absolute atomic E-state index is 12.1. The molecule has 1 amide bonds. The Morgan fingerprint density at radius 2 is 2.15 bits per heavy atom. The number of nitrogens with zero attached hydrogens (tertiary/aromatic N) is 2. The summed E-state index contributed by atoms with van der Waals surface area (Å²) in [4.78, 5) is 12.7. The monoisotopic (exact) mass is 285 g/mol. The van der Waals surface area contributed by atoms with Crippen molar-refractivity contribution in [2.24, 2.45) is 5.10 Å². The van der Waals surface area contributed by atoms with Gasteiger partial charge in [-0.15, -0.1) is 11.3 Å². The number of amides is 1. The summed E-state index contributed by atoms with van der Waals surface area (Å²) in [5.74, 6) is 0.341. The van der Waals surface area contributed by atoms with Crippen LogP contribution < -0.4 is 5.43 Å². The third-order valence-electron chi connectivity index (χ3n) is 2.63. The van der Waals surface area contributed by atoms with Crippen LogP contribution in [0.3, 0.4) is 0 Å². The van der Waals surface area contributed by atoms with Crippen LogP contribution in [-0.2, 0) is 0 Å². The van der Waals surface area contributed by atoms with Crippen molar-refractivity contribution in [3.8, 4) is 5.69 Å². The molecule has 0 aliphatic rings. The zero-order valence-corrected chi connectivity index (χ0v) is 11.2. The highest BCUT2D eigenvalue weighted by Crippen LogP contribution is 2.21. The molecule has 0 radical (unpaired) electrons. The number of carbonyl (C=O) groups is 1. The number of hydrazone groups is 1. The maximum Gasteiger partial charge on any atom is 0.283 e. The van der Waals surface area contributed by atoms with Gasteiger partial charge >= 0.3 is 0 Å². The molecule has 100 valence electrons. The van der Waals surface area contributed by atoms with E-state index in [9.17, 15) is 4.79 Å². The van der Waals surface area contributed by atoms with Crippen molar-refractivity contribution < 1.29 is 9.21 Å². The van der Waals surface area contributed by atoms with E-state index in [1.807, 2.05) is 40.5 Å². The smallest absolute Gasteiger partial charge is 0.283 e. The molecule has 0 aliphatic carbocycles. The fourth-order valence-electron chi connectivity index (χ4n) is 1.74. The quantitative estimate of drug-likeness (QED) is 0.592. The third kappa shape index (κ3) is 2.55. The fourth-order valence-corrected chi connectivity index (χ4v) is 2.52. The lowest BCUT2D eigenvalue weighted by molar-refractivity contribution is 0.0959. The normalized spacial score (nSPS) is 11.0. The van der Waals surface area contributed by atoms with Crippen LogP contribution in [-0.4, -0.2) is 16.7 Å². The van der Waals surface area contributed by atoms with Gasteiger partial charge in [0.1, 0.15) is 10.6 Å². The number of rotatable bonds is 4. The van der Waals surface area contributed by atoms with E-state index < -0.39 is 0 Å². The lowest BCUT2D eigenvalue weighted by Crippen LogP contribution is -2.17. The highest BCUT2D eigenvalue weighted by molar-refractivity contribution is 7.12. The predicted molar refractivity (Wildman–Crippen MR) is 77.4 cm³/mol. The summed E-state index contributed by atoms with van der Waals surface area (Å²) in [6, 6.07) is 9.23. The van der Waals surface area contributed by atoms with Crippen LogP contribution in [0.2, 0.25) is 0 Å². The molecule has 3 rings (SSSR count). The largest absolute Gasteiger partial charge is 0.463 e. The summed E-state index contributed by atoms with van der Waals surface area (Å²) < 4.78 is 6.98. The van der Waals surface area contributed by atoms with E-state index in [1.54, 1.807) is 18.4 Å². The first-order valence-electron chi connectivity index (χ1n) is 5.92. The summed E-state index contributed by atoms with van der Waals surface area (Å²) >= 11 is 1.37. The van der Waals surface area contributed by atoms with Gasteiger partial charge in [-0.3, -0.25) is 4.79 Å². The average molecular weight is 285 g/mol. The minimum absolute atomic E-state index is 0.244. The molecule has 0 unspecified atom stereocenters. The van der Waals surface area contributed by atoms with Gasteiger partial charge in [-0.25, -0.2) is 5.43 Å². The molecule has 3 heterocycles. The third-order valence-corrected chi connectivity index (χ3v) is 3.54. The molecule has 5 nitrogen and oxygen atoms in total. The van der Waals surface area contributed by atoms with Gasteiger partial charge in [0.15, 0.2) is 0 Å². The molecule has 0 saturated heterocycles. The van der Waals surface area contributed by atoms with Crippen LogP contribution in [0.15, 0.2) is 63.9 Å². The van der Waals surface area contributed by atoms with E-state index in [1.165, 1.54) is 17.6 Å². The summed E-state index contributed by atoms with van der Waals surface area (Å²) in [5, 5.41) is 5.75. The molecule has 0 fully saturated rings. The summed E-state index contributed by atoms with van der Waals surface area (Å²) in [6.45, 7) is 0. The van der Waals surface area contributed by atoms with Crippen molar-refractivity contribution in [3.63, 3.8) is 0 Å². The zero-order valence-electron chi connectivity index (χ0n) is 10.4. The van der Waals surface area contributed by atoms with Gasteiger partial charge in [-0.2, -0.15) is 5.10 Å². The molecule has 0 atom stereocenters. The van der Waals surface area contributed by atoms with Crippen molar-refractivity contribution in [1.29, 1.82) is 0 Å². The first-order valence-corrected chi connectivity index (χ1v) is 6.80. The molecule has 0 bridgehead atoms. The Bertz CT molecular complexity index is 712. The van der Waals surface area contributed by atoms with Crippen molar-refractivity contribution in [3.05, 3.63) is 65.0 Å². The Morgan fingerprint density at radius 1 is 1.30 bits per heavy atom. The molecule has 3 aromatic rings. The molecular formula is C14H11N3O2S. The lowest BCUT2D eigenvalue weighted by atomic mass is 10.3. The van der Waals surface area contributed by atoms with Crippen LogP contribution in [0.4, 0.5) is 0 Å². The van der Waals surface area contributed by atoms with Gasteiger partial charge < -0.3 is 8.98 Å². The Labute approximate surface area is 119 Å². The van der Waals surface area contributed by atoms with Gasteiger partial charge in [0.05, 0.1) is 18.2 Å². The Kier molecular flexibility index (Phi) is 3.47. The molecule has 0 aliphatic heterocycles. The minimum atomic E-state index is -0.244. The van der Waals surface area contributed by atoms with Gasteiger partial charge in [-0.1, -0.05) is 0 Å². The SMILES string of the molecule is O=C(N/N=C/c1ccco1)c1sccc1-n1cccc1. The predicted octanol–water partition coefficient (Wildman–Crippen LogP) is 2.90. The fraction of sp³-hybridized carbons (Fsp3) is 0. The van der Waals surface area contributed by atoms with E-state index in [2.05, 4.69) is 10.5 Å². The van der Waals surface area contributed by atoms with Gasteiger partial charge in [0.25, 0.3) is 5.91 Å². The maximum atomic E-state index is 12.1. The van der Waals surface area contributed by atoms with Crippen molar-refractivity contribution in [1.82, 2.24) is 9.99 Å². The molecule has 6 heteroatoms. The number of thiophene rings is 1. The first kappa shape index (κ1) is 12.4. The first-order chi connectivity index (χ1) is 9.84. The Balaban J connectivity index is 1.74. The molecule has 0 saturated carbocycles. The average Bonchev–Trinajstić information content (AvgIpc) is 3.19. The molecule has 0 spiro atoms. The highest BCUT2D eigenvalue weighted by atomic mass is 32.1. The Hall–Kier alpha value is -2.60. The standard InChI is InChI=1S/C14H11N3O2S/c18-14(16-15-10-11-4-3-8-19-11)13-12(5-9-20-13)17-6-1-2-7-17/h1-10H,(H,16,18)/b15-10+. The number of aromatic nitrogens is 1. The molecule has 0 aromatic carbocycles. The van der Waals surface area contributed by atoms with E-state index >= 15 is 0 Å². The molecule has 20 heavy (non-hydrogen) atoms. The van der Waals surface area contributed by atoms with E-state index in [0.29, 0.717) is 10.6 Å². The van der Waals surface area contributed by atoms with Crippen molar-refractivity contribution >= 4 is 23.5 Å². The van der Waals surface area contributed by atoms with Crippen molar-refractivity contribution in [2.75, 3.05) is 0 Å².